The van der Waals surface area contributed by atoms with Crippen molar-refractivity contribution < 1.29 is 9.53 Å². The Morgan fingerprint density at radius 1 is 0.871 bits per heavy atom. The quantitative estimate of drug-likeness (QED) is 0.442. The zero-order valence-corrected chi connectivity index (χ0v) is 23.7. The molecule has 0 saturated heterocycles. The van der Waals surface area contributed by atoms with Crippen LogP contribution < -0.4 is 5.32 Å². The number of methoxy groups -OCH3 is 1. The summed E-state index contributed by atoms with van der Waals surface area (Å²) < 4.78 is 4.84. The van der Waals surface area contributed by atoms with E-state index in [4.69, 9.17) is 4.74 Å². The molecule has 2 fully saturated rings. The van der Waals surface area contributed by atoms with Gasteiger partial charge in [-0.2, -0.15) is 0 Å². The number of carbonyl (C=O) groups excluding carboxylic acids is 1. The number of carbonyl (C=O) groups is 1. The van der Waals surface area contributed by atoms with Crippen molar-refractivity contribution in [1.29, 1.82) is 0 Å². The minimum absolute atomic E-state index is 0.0250. The van der Waals surface area contributed by atoms with E-state index in [-0.39, 0.29) is 17.2 Å². The standard InChI is InChI=1S/C10H21NO2.2C7H14.2C2H6/c1-8(10(2,3)4)9(12)11-6-7-13-5;1-6-4-3-5-7(6)2;1-7-5-3-2-4-6-7;2*1-2/h8H,6-7H2,1-5H3,(H,11,12);6-7H,3-5H2,1-2H3;7H,2-6H2,1H3;2*1-2H3/t;6-,7-;;;/m.1.../s1. The van der Waals surface area contributed by atoms with Gasteiger partial charge in [0.2, 0.25) is 5.91 Å². The summed E-state index contributed by atoms with van der Waals surface area (Å²) in [5.74, 6) is 3.20. The van der Waals surface area contributed by atoms with E-state index < -0.39 is 0 Å². The zero-order chi connectivity index (χ0) is 24.9. The summed E-state index contributed by atoms with van der Waals surface area (Å²) in [5, 5.41) is 2.83. The highest BCUT2D eigenvalue weighted by Crippen LogP contribution is 2.30. The lowest BCUT2D eigenvalue weighted by Crippen LogP contribution is -2.37. The van der Waals surface area contributed by atoms with Crippen LogP contribution in [-0.4, -0.2) is 26.2 Å². The first kappa shape index (κ1) is 35.0. The SMILES string of the molecule is CC.CC.CC1CCCCC1.COCCNC(=O)C(C)C(C)(C)C.C[C@@H]1CCC[C@H]1C. The van der Waals surface area contributed by atoms with Crippen molar-refractivity contribution in [3.05, 3.63) is 0 Å². The zero-order valence-electron chi connectivity index (χ0n) is 23.7. The van der Waals surface area contributed by atoms with Crippen molar-refractivity contribution in [3.8, 4) is 0 Å². The highest BCUT2D eigenvalue weighted by Gasteiger charge is 2.26. The molecule has 3 nitrogen and oxygen atoms in total. The van der Waals surface area contributed by atoms with Crippen LogP contribution in [0.4, 0.5) is 0 Å². The van der Waals surface area contributed by atoms with Crippen LogP contribution in [0, 0.1) is 29.1 Å². The fourth-order valence-electron chi connectivity index (χ4n) is 3.46. The molecule has 2 rings (SSSR count). The minimum atomic E-state index is 0.0250. The van der Waals surface area contributed by atoms with Crippen molar-refractivity contribution in [3.63, 3.8) is 0 Å². The van der Waals surface area contributed by atoms with Gasteiger partial charge in [-0.15, -0.1) is 0 Å². The molecule has 0 spiro atoms. The van der Waals surface area contributed by atoms with Gasteiger partial charge in [-0.1, -0.05) is 128 Å². The fourth-order valence-corrected chi connectivity index (χ4v) is 3.46. The number of ether oxygens (including phenoxy) is 1. The van der Waals surface area contributed by atoms with Gasteiger partial charge in [0, 0.05) is 19.6 Å². The maximum atomic E-state index is 11.5. The van der Waals surface area contributed by atoms with Gasteiger partial charge in [0.25, 0.3) is 0 Å². The molecular formula is C28H61NO2. The molecule has 0 bridgehead atoms. The summed E-state index contributed by atoms with van der Waals surface area (Å²) in [6.45, 7) is 24.4. The molecular weight excluding hydrogens is 382 g/mol. The van der Waals surface area contributed by atoms with Crippen LogP contribution >= 0.6 is 0 Å². The average molecular weight is 444 g/mol. The molecule has 1 N–H and O–H groups in total. The van der Waals surface area contributed by atoms with E-state index in [1.807, 2.05) is 34.6 Å². The van der Waals surface area contributed by atoms with Crippen LogP contribution in [0.15, 0.2) is 0 Å². The number of rotatable bonds is 4. The predicted octanol–water partition coefficient (Wildman–Crippen LogP) is 8.51. The van der Waals surface area contributed by atoms with E-state index in [0.717, 1.165) is 17.8 Å². The topological polar surface area (TPSA) is 38.3 Å². The Morgan fingerprint density at radius 2 is 1.32 bits per heavy atom. The van der Waals surface area contributed by atoms with E-state index in [1.165, 1.54) is 51.4 Å². The van der Waals surface area contributed by atoms with E-state index in [9.17, 15) is 4.79 Å². The van der Waals surface area contributed by atoms with Crippen molar-refractivity contribution in [1.82, 2.24) is 5.32 Å². The Balaban J connectivity index is -0.000000369. The van der Waals surface area contributed by atoms with Crippen LogP contribution in [0.5, 0.6) is 0 Å². The Kier molecular flexibility index (Phi) is 25.6. The summed E-state index contributed by atoms with van der Waals surface area (Å²) in [6.07, 6.45) is 11.9. The summed E-state index contributed by atoms with van der Waals surface area (Å²) in [7, 11) is 1.62. The number of hydrogen-bond donors (Lipinski definition) is 1. The molecule has 0 aromatic rings. The van der Waals surface area contributed by atoms with Gasteiger partial charge in [-0.25, -0.2) is 0 Å². The Labute approximate surface area is 197 Å². The summed E-state index contributed by atoms with van der Waals surface area (Å²) >= 11 is 0. The van der Waals surface area contributed by atoms with Gasteiger partial charge in [0.05, 0.1) is 6.61 Å². The second kappa shape index (κ2) is 22.6. The number of amides is 1. The van der Waals surface area contributed by atoms with Crippen LogP contribution in [0.2, 0.25) is 0 Å². The first-order chi connectivity index (χ1) is 14.6. The first-order valence-electron chi connectivity index (χ1n) is 13.4. The fraction of sp³-hybridized carbons (Fsp3) is 0.964. The van der Waals surface area contributed by atoms with Gasteiger partial charge in [0.15, 0.2) is 0 Å². The summed E-state index contributed by atoms with van der Waals surface area (Å²) in [4.78, 5) is 11.5. The Morgan fingerprint density at radius 3 is 1.58 bits per heavy atom. The Hall–Kier alpha value is -0.570. The van der Waals surface area contributed by atoms with E-state index in [0.29, 0.717) is 13.2 Å². The van der Waals surface area contributed by atoms with Crippen molar-refractivity contribution in [2.24, 2.45) is 29.1 Å². The maximum Gasteiger partial charge on any atom is 0.223 e. The Bertz CT molecular complexity index is 362. The minimum Gasteiger partial charge on any atom is -0.383 e. The summed E-state index contributed by atoms with van der Waals surface area (Å²) in [5.41, 5.74) is 0.0250. The van der Waals surface area contributed by atoms with Crippen molar-refractivity contribution in [2.45, 2.75) is 128 Å². The van der Waals surface area contributed by atoms with Gasteiger partial charge >= 0.3 is 0 Å². The van der Waals surface area contributed by atoms with Gasteiger partial charge < -0.3 is 10.1 Å². The van der Waals surface area contributed by atoms with E-state index >= 15 is 0 Å². The monoisotopic (exact) mass is 443 g/mol. The largest absolute Gasteiger partial charge is 0.383 e. The van der Waals surface area contributed by atoms with E-state index in [2.05, 4.69) is 46.9 Å². The van der Waals surface area contributed by atoms with Crippen molar-refractivity contribution in [2.75, 3.05) is 20.3 Å². The molecule has 3 heteroatoms. The van der Waals surface area contributed by atoms with Crippen molar-refractivity contribution >= 4 is 5.91 Å². The molecule has 190 valence electrons. The summed E-state index contributed by atoms with van der Waals surface area (Å²) in [6, 6.07) is 0. The molecule has 0 aromatic carbocycles. The highest BCUT2D eigenvalue weighted by molar-refractivity contribution is 5.78. The van der Waals surface area contributed by atoms with Crippen LogP contribution in [-0.2, 0) is 9.53 Å². The van der Waals surface area contributed by atoms with Gasteiger partial charge in [0.1, 0.15) is 0 Å². The second-order valence-corrected chi connectivity index (χ2v) is 10.0. The average Bonchev–Trinajstić information content (AvgIpc) is 3.14. The number of hydrogen-bond acceptors (Lipinski definition) is 2. The number of nitrogens with one attached hydrogen (secondary N) is 1. The van der Waals surface area contributed by atoms with Crippen LogP contribution in [0.25, 0.3) is 0 Å². The van der Waals surface area contributed by atoms with Gasteiger partial charge in [-0.05, 0) is 23.2 Å². The third-order valence-corrected chi connectivity index (χ3v) is 6.48. The third kappa shape index (κ3) is 21.1. The smallest absolute Gasteiger partial charge is 0.223 e. The van der Waals surface area contributed by atoms with Crippen LogP contribution in [0.1, 0.15) is 128 Å². The molecule has 3 atom stereocenters. The molecule has 2 saturated carbocycles. The van der Waals surface area contributed by atoms with Crippen LogP contribution in [0.3, 0.4) is 0 Å². The highest BCUT2D eigenvalue weighted by atomic mass is 16.5. The lowest BCUT2D eigenvalue weighted by molar-refractivity contribution is -0.127. The first-order valence-corrected chi connectivity index (χ1v) is 13.4. The molecule has 0 aliphatic heterocycles. The molecule has 1 amide bonds. The second-order valence-electron chi connectivity index (χ2n) is 10.0. The molecule has 2 aliphatic rings. The third-order valence-electron chi connectivity index (χ3n) is 6.48. The molecule has 0 heterocycles. The lowest BCUT2D eigenvalue weighted by atomic mass is 9.81. The van der Waals surface area contributed by atoms with Gasteiger partial charge in [-0.3, -0.25) is 4.79 Å². The maximum absolute atomic E-state index is 11.5. The molecule has 0 radical (unpaired) electrons. The normalized spacial score (nSPS) is 21.4. The van der Waals surface area contributed by atoms with E-state index in [1.54, 1.807) is 7.11 Å². The molecule has 1 unspecified atom stereocenters. The molecule has 31 heavy (non-hydrogen) atoms. The molecule has 0 aromatic heterocycles. The molecule has 2 aliphatic carbocycles. The predicted molar refractivity (Wildman–Crippen MR) is 141 cm³/mol. The lowest BCUT2D eigenvalue weighted by Gasteiger charge is -2.25.